The zero-order valence-corrected chi connectivity index (χ0v) is 9.46. The van der Waals surface area contributed by atoms with Crippen LogP contribution in [-0.4, -0.2) is 5.16 Å². The van der Waals surface area contributed by atoms with E-state index in [0.29, 0.717) is 14.9 Å². The van der Waals surface area contributed by atoms with Gasteiger partial charge in [0.15, 0.2) is 23.2 Å². The summed E-state index contributed by atoms with van der Waals surface area (Å²) in [6.45, 7) is 0. The monoisotopic (exact) mass is 322 g/mol. The second kappa shape index (κ2) is 3.76. The maximum atomic E-state index is 12.9. The summed E-state index contributed by atoms with van der Waals surface area (Å²) in [6.07, 6.45) is 0. The van der Waals surface area contributed by atoms with Gasteiger partial charge in [-0.2, -0.15) is 0 Å². The Morgan fingerprint density at radius 3 is 2.53 bits per heavy atom. The summed E-state index contributed by atoms with van der Waals surface area (Å²) in [7, 11) is 0. The Labute approximate surface area is 97.4 Å². The average molecular weight is 322 g/mol. The predicted octanol–water partition coefficient (Wildman–Crippen LogP) is 2.81. The number of halogens is 3. The number of aromatic nitrogens is 1. The third-order valence-electron chi connectivity index (χ3n) is 1.84. The topological polar surface area (TPSA) is 52.0 Å². The quantitative estimate of drug-likeness (QED) is 0.822. The third kappa shape index (κ3) is 1.81. The fourth-order valence-corrected chi connectivity index (χ4v) is 1.62. The van der Waals surface area contributed by atoms with Gasteiger partial charge in [-0.25, -0.2) is 8.78 Å². The molecule has 15 heavy (non-hydrogen) atoms. The molecule has 6 heteroatoms. The van der Waals surface area contributed by atoms with Crippen molar-refractivity contribution in [2.45, 2.75) is 0 Å². The second-order valence-corrected chi connectivity index (χ2v) is 3.92. The van der Waals surface area contributed by atoms with Crippen molar-refractivity contribution >= 4 is 28.4 Å². The van der Waals surface area contributed by atoms with E-state index >= 15 is 0 Å². The first-order chi connectivity index (χ1) is 7.09. The van der Waals surface area contributed by atoms with E-state index in [1.165, 1.54) is 6.07 Å². The summed E-state index contributed by atoms with van der Waals surface area (Å²) < 4.78 is 31.1. The van der Waals surface area contributed by atoms with Gasteiger partial charge in [-0.1, -0.05) is 5.16 Å². The van der Waals surface area contributed by atoms with Crippen LogP contribution in [0.25, 0.3) is 11.3 Å². The lowest BCUT2D eigenvalue weighted by Crippen LogP contribution is -1.88. The molecule has 0 aliphatic carbocycles. The van der Waals surface area contributed by atoms with Crippen molar-refractivity contribution in [3.05, 3.63) is 33.4 Å². The molecule has 3 nitrogen and oxygen atoms in total. The maximum absolute atomic E-state index is 12.9. The van der Waals surface area contributed by atoms with Crippen LogP contribution >= 0.6 is 22.6 Å². The van der Waals surface area contributed by atoms with Crippen molar-refractivity contribution in [2.75, 3.05) is 5.73 Å². The average Bonchev–Trinajstić information content (AvgIpc) is 2.53. The highest BCUT2D eigenvalue weighted by Gasteiger charge is 2.14. The number of rotatable bonds is 1. The van der Waals surface area contributed by atoms with E-state index < -0.39 is 11.6 Å². The van der Waals surface area contributed by atoms with Crippen LogP contribution < -0.4 is 5.73 Å². The molecule has 0 aliphatic rings. The van der Waals surface area contributed by atoms with E-state index in [-0.39, 0.29) is 5.82 Å². The molecule has 2 rings (SSSR count). The van der Waals surface area contributed by atoms with Crippen molar-refractivity contribution < 1.29 is 13.3 Å². The van der Waals surface area contributed by atoms with Gasteiger partial charge in [0.1, 0.15) is 3.57 Å². The summed E-state index contributed by atoms with van der Waals surface area (Å²) >= 11 is 1.93. The maximum Gasteiger partial charge on any atom is 0.182 e. The zero-order chi connectivity index (χ0) is 11.0. The fraction of sp³-hybridized carbons (Fsp3) is 0. The van der Waals surface area contributed by atoms with Crippen molar-refractivity contribution in [1.82, 2.24) is 5.16 Å². The van der Waals surface area contributed by atoms with Crippen LogP contribution in [0.1, 0.15) is 0 Å². The Bertz CT molecular complexity index is 513. The SMILES string of the molecule is Nc1noc(-c2ccc(F)c(F)c2)c1I. The summed E-state index contributed by atoms with van der Waals surface area (Å²) in [4.78, 5) is 0. The molecule has 0 unspecified atom stereocenters. The minimum atomic E-state index is -0.932. The molecule has 78 valence electrons. The molecule has 1 aromatic heterocycles. The lowest BCUT2D eigenvalue weighted by Gasteiger charge is -1.97. The summed E-state index contributed by atoms with van der Waals surface area (Å²) in [5.74, 6) is -1.26. The Kier molecular flexibility index (Phi) is 2.59. The van der Waals surface area contributed by atoms with Crippen LogP contribution in [0, 0.1) is 15.2 Å². The van der Waals surface area contributed by atoms with Crippen LogP contribution in [0.15, 0.2) is 22.7 Å². The minimum absolute atomic E-state index is 0.232. The number of benzene rings is 1. The molecule has 0 atom stereocenters. The molecule has 2 aromatic rings. The first-order valence-electron chi connectivity index (χ1n) is 3.95. The highest BCUT2D eigenvalue weighted by Crippen LogP contribution is 2.29. The van der Waals surface area contributed by atoms with Crippen molar-refractivity contribution in [3.8, 4) is 11.3 Å². The van der Waals surface area contributed by atoms with Crippen LogP contribution in [-0.2, 0) is 0 Å². The van der Waals surface area contributed by atoms with Crippen molar-refractivity contribution in [1.29, 1.82) is 0 Å². The number of nitrogens with zero attached hydrogens (tertiary/aromatic N) is 1. The molecule has 0 radical (unpaired) electrons. The van der Waals surface area contributed by atoms with E-state index in [0.717, 1.165) is 12.1 Å². The van der Waals surface area contributed by atoms with Gasteiger partial charge >= 0.3 is 0 Å². The Balaban J connectivity index is 2.55. The lowest BCUT2D eigenvalue weighted by atomic mass is 10.1. The second-order valence-electron chi connectivity index (χ2n) is 2.84. The molecular weight excluding hydrogens is 317 g/mol. The number of hydrogen-bond acceptors (Lipinski definition) is 3. The Hall–Kier alpha value is -1.18. The van der Waals surface area contributed by atoms with E-state index in [2.05, 4.69) is 5.16 Å². The highest BCUT2D eigenvalue weighted by molar-refractivity contribution is 14.1. The van der Waals surface area contributed by atoms with Gasteiger partial charge in [0.05, 0.1) is 0 Å². The molecule has 0 aliphatic heterocycles. The number of anilines is 1. The van der Waals surface area contributed by atoms with Crippen molar-refractivity contribution in [2.24, 2.45) is 0 Å². The molecular formula is C9H5F2IN2O. The van der Waals surface area contributed by atoms with E-state index in [1.807, 2.05) is 22.6 Å². The standard InChI is InChI=1S/C9H5F2IN2O/c10-5-2-1-4(3-6(5)11)8-7(12)9(13)14-15-8/h1-3H,(H2,13,14). The molecule has 0 bridgehead atoms. The number of nitrogens with two attached hydrogens (primary N) is 1. The minimum Gasteiger partial charge on any atom is -0.380 e. The van der Waals surface area contributed by atoms with Crippen LogP contribution in [0.2, 0.25) is 0 Å². The molecule has 1 aromatic carbocycles. The van der Waals surface area contributed by atoms with Gasteiger partial charge in [-0.3, -0.25) is 0 Å². The number of nitrogen functional groups attached to an aromatic ring is 1. The molecule has 2 N–H and O–H groups in total. The predicted molar refractivity (Wildman–Crippen MR) is 59.0 cm³/mol. The van der Waals surface area contributed by atoms with Crippen molar-refractivity contribution in [3.63, 3.8) is 0 Å². The van der Waals surface area contributed by atoms with Gasteiger partial charge in [0.25, 0.3) is 0 Å². The summed E-state index contributed by atoms with van der Waals surface area (Å²) in [5.41, 5.74) is 5.87. The lowest BCUT2D eigenvalue weighted by molar-refractivity contribution is 0.434. The van der Waals surface area contributed by atoms with Gasteiger partial charge in [0.2, 0.25) is 0 Å². The third-order valence-corrected chi connectivity index (χ3v) is 2.88. The van der Waals surface area contributed by atoms with E-state index in [1.54, 1.807) is 0 Å². The highest BCUT2D eigenvalue weighted by atomic mass is 127. The van der Waals surface area contributed by atoms with Crippen LogP contribution in [0.5, 0.6) is 0 Å². The molecule has 0 spiro atoms. The van der Waals surface area contributed by atoms with Crippen LogP contribution in [0.3, 0.4) is 0 Å². The molecule has 0 saturated carbocycles. The normalized spacial score (nSPS) is 10.6. The van der Waals surface area contributed by atoms with E-state index in [4.69, 9.17) is 10.3 Å². The number of hydrogen-bond donors (Lipinski definition) is 1. The molecule has 1 heterocycles. The Morgan fingerprint density at radius 2 is 2.00 bits per heavy atom. The molecule has 0 fully saturated rings. The van der Waals surface area contributed by atoms with Gasteiger partial charge in [0, 0.05) is 5.56 Å². The summed E-state index contributed by atoms with van der Waals surface area (Å²) in [5, 5.41) is 3.52. The summed E-state index contributed by atoms with van der Waals surface area (Å²) in [6, 6.07) is 3.47. The van der Waals surface area contributed by atoms with Gasteiger partial charge in [-0.05, 0) is 40.8 Å². The zero-order valence-electron chi connectivity index (χ0n) is 7.30. The van der Waals surface area contributed by atoms with E-state index in [9.17, 15) is 8.78 Å². The fourth-order valence-electron chi connectivity index (χ4n) is 1.11. The molecule has 0 saturated heterocycles. The van der Waals surface area contributed by atoms with Gasteiger partial charge < -0.3 is 10.3 Å². The first-order valence-corrected chi connectivity index (χ1v) is 5.03. The van der Waals surface area contributed by atoms with Gasteiger partial charge in [-0.15, -0.1) is 0 Å². The largest absolute Gasteiger partial charge is 0.380 e. The van der Waals surface area contributed by atoms with Crippen LogP contribution in [0.4, 0.5) is 14.6 Å². The smallest absolute Gasteiger partial charge is 0.182 e. The Morgan fingerprint density at radius 1 is 1.27 bits per heavy atom. The first kappa shape index (κ1) is 10.3. The molecule has 0 amide bonds.